The van der Waals surface area contributed by atoms with Gasteiger partial charge in [-0.25, -0.2) is 12.8 Å². The van der Waals surface area contributed by atoms with E-state index in [2.05, 4.69) is 16.0 Å². The summed E-state index contributed by atoms with van der Waals surface area (Å²) in [6.07, 6.45) is 0.186. The Labute approximate surface area is 305 Å². The number of rotatable bonds is 17. The summed E-state index contributed by atoms with van der Waals surface area (Å²) in [7, 11) is -4.32. The largest absolute Gasteiger partial charge is 0.390 e. The van der Waals surface area contributed by atoms with Gasteiger partial charge in [0.25, 0.3) is 5.69 Å². The number of aliphatic hydroxyl groups is 1. The van der Waals surface area contributed by atoms with E-state index < -0.39 is 62.4 Å². The van der Waals surface area contributed by atoms with Crippen molar-refractivity contribution in [3.8, 4) is 0 Å². The minimum Gasteiger partial charge on any atom is -0.390 e. The van der Waals surface area contributed by atoms with Crippen LogP contribution in [0.2, 0.25) is 0 Å². The predicted molar refractivity (Wildman–Crippen MR) is 196 cm³/mol. The van der Waals surface area contributed by atoms with E-state index in [0.29, 0.717) is 5.56 Å². The van der Waals surface area contributed by atoms with Crippen LogP contribution >= 0.6 is 0 Å². The average Bonchev–Trinajstić information content (AvgIpc) is 3.86. The topological polar surface area (TPSA) is 171 Å². The van der Waals surface area contributed by atoms with Crippen LogP contribution in [-0.4, -0.2) is 72.4 Å². The molecule has 0 aromatic heterocycles. The standard InChI is InChI=1S/C38H50FN5O7S/c1-25(2)23-43(52(50,51)30-16-15-26(3)32(21-30)44(48)49)24-33(45)31(19-27-11-8-7-9-12-27)41-36(47)35(37(4,5)6)42-34(46)22-40-38(17-18-38)28-13-10-14-29(39)20-28/h7-16,20-21,25,31,33,35,40,45H,17-19,22-24H2,1-6H3,(H,41,47)(H,42,46)/t31-,33+,35+/m0/s1. The summed E-state index contributed by atoms with van der Waals surface area (Å²) in [5.74, 6) is -1.55. The van der Waals surface area contributed by atoms with Gasteiger partial charge in [-0.1, -0.05) is 83.1 Å². The van der Waals surface area contributed by atoms with E-state index in [1.54, 1.807) is 26.8 Å². The SMILES string of the molecule is Cc1ccc(S(=O)(=O)N(CC(C)C)C[C@@H](O)[C@H](Cc2ccccc2)NC(=O)[C@@H](NC(=O)CNC2(c3cccc(F)c3)CC2)C(C)(C)C)cc1[N+](=O)[O-]. The average molecular weight is 740 g/mol. The first kappa shape index (κ1) is 40.5. The van der Waals surface area contributed by atoms with Crippen molar-refractivity contribution >= 4 is 27.5 Å². The quantitative estimate of drug-likeness (QED) is 0.115. The summed E-state index contributed by atoms with van der Waals surface area (Å²) < 4.78 is 42.9. The minimum atomic E-state index is -4.32. The van der Waals surface area contributed by atoms with Crippen molar-refractivity contribution in [2.24, 2.45) is 11.3 Å². The van der Waals surface area contributed by atoms with Crippen LogP contribution < -0.4 is 16.0 Å². The van der Waals surface area contributed by atoms with Crippen molar-refractivity contribution in [3.63, 3.8) is 0 Å². The summed E-state index contributed by atoms with van der Waals surface area (Å²) in [5.41, 5.74) is 0.195. The van der Waals surface area contributed by atoms with Crippen molar-refractivity contribution in [2.75, 3.05) is 19.6 Å². The molecule has 0 saturated heterocycles. The van der Waals surface area contributed by atoms with Crippen LogP contribution in [-0.2, 0) is 31.6 Å². The second-order valence-electron chi connectivity index (χ2n) is 15.1. The molecule has 4 rings (SSSR count). The highest BCUT2D eigenvalue weighted by Crippen LogP contribution is 2.45. The first-order valence-corrected chi connectivity index (χ1v) is 18.8. The Kier molecular flexibility index (Phi) is 13.0. The highest BCUT2D eigenvalue weighted by molar-refractivity contribution is 7.89. The minimum absolute atomic E-state index is 0.00212. The molecule has 52 heavy (non-hydrogen) atoms. The van der Waals surface area contributed by atoms with Gasteiger partial charge in [0.1, 0.15) is 11.9 Å². The van der Waals surface area contributed by atoms with Gasteiger partial charge in [-0.2, -0.15) is 4.31 Å². The number of carbonyl (C=O) groups is 2. The zero-order chi connectivity index (χ0) is 38.4. The molecule has 0 bridgehead atoms. The summed E-state index contributed by atoms with van der Waals surface area (Å²) in [5, 5.41) is 32.3. The van der Waals surface area contributed by atoms with E-state index >= 15 is 0 Å². The highest BCUT2D eigenvalue weighted by Gasteiger charge is 2.45. The maximum absolute atomic E-state index is 14.0. The second-order valence-corrected chi connectivity index (χ2v) is 17.0. The molecule has 0 aliphatic heterocycles. The van der Waals surface area contributed by atoms with E-state index in [1.807, 2.05) is 50.2 Å². The van der Waals surface area contributed by atoms with Crippen LogP contribution in [0.3, 0.4) is 0 Å². The molecule has 0 radical (unpaired) electrons. The molecule has 282 valence electrons. The third-order valence-electron chi connectivity index (χ3n) is 9.21. The number of benzene rings is 3. The Morgan fingerprint density at radius 1 is 1.00 bits per heavy atom. The first-order valence-electron chi connectivity index (χ1n) is 17.4. The van der Waals surface area contributed by atoms with E-state index in [9.17, 15) is 37.6 Å². The van der Waals surface area contributed by atoms with Crippen LogP contribution in [0.1, 0.15) is 64.2 Å². The fourth-order valence-corrected chi connectivity index (χ4v) is 7.78. The number of nitro groups is 1. The molecule has 1 aliphatic carbocycles. The number of nitrogens with one attached hydrogen (secondary N) is 3. The number of nitro benzene ring substituents is 1. The van der Waals surface area contributed by atoms with Gasteiger partial charge in [-0.15, -0.1) is 0 Å². The number of carbonyl (C=O) groups excluding carboxylic acids is 2. The molecule has 14 heteroatoms. The maximum Gasteiger partial charge on any atom is 0.273 e. The number of nitrogens with zero attached hydrogens (tertiary/aromatic N) is 2. The van der Waals surface area contributed by atoms with Gasteiger partial charge in [0.2, 0.25) is 21.8 Å². The summed E-state index contributed by atoms with van der Waals surface area (Å²) in [4.78, 5) is 38.0. The number of sulfonamides is 1. The Morgan fingerprint density at radius 2 is 1.67 bits per heavy atom. The van der Waals surface area contributed by atoms with Crippen molar-refractivity contribution in [3.05, 3.63) is 105 Å². The second kappa shape index (κ2) is 16.6. The van der Waals surface area contributed by atoms with Gasteiger partial charge in [-0.3, -0.25) is 25.0 Å². The van der Waals surface area contributed by atoms with Crippen molar-refractivity contribution in [1.82, 2.24) is 20.3 Å². The molecular weight excluding hydrogens is 690 g/mol. The van der Waals surface area contributed by atoms with Crippen LogP contribution in [0.15, 0.2) is 77.7 Å². The molecule has 2 amide bonds. The molecule has 1 saturated carbocycles. The van der Waals surface area contributed by atoms with Crippen LogP contribution in [0.5, 0.6) is 0 Å². The third kappa shape index (κ3) is 10.4. The van der Waals surface area contributed by atoms with Crippen molar-refractivity contribution in [1.29, 1.82) is 0 Å². The highest BCUT2D eigenvalue weighted by atomic mass is 32.2. The molecule has 1 aliphatic rings. The fraction of sp³-hybridized carbons (Fsp3) is 0.474. The molecule has 3 aromatic carbocycles. The smallest absolute Gasteiger partial charge is 0.273 e. The molecule has 0 unspecified atom stereocenters. The molecule has 3 atom stereocenters. The molecule has 3 aromatic rings. The van der Waals surface area contributed by atoms with Crippen molar-refractivity contribution in [2.45, 2.75) is 89.4 Å². The lowest BCUT2D eigenvalue weighted by atomic mass is 9.85. The number of aliphatic hydroxyl groups excluding tert-OH is 1. The maximum atomic E-state index is 14.0. The summed E-state index contributed by atoms with van der Waals surface area (Å²) in [6.45, 7) is 9.97. The number of halogens is 1. The Morgan fingerprint density at radius 3 is 2.25 bits per heavy atom. The number of hydrogen-bond donors (Lipinski definition) is 4. The lowest BCUT2D eigenvalue weighted by molar-refractivity contribution is -0.385. The number of aryl methyl sites for hydroxylation is 1. The fourth-order valence-electron chi connectivity index (χ4n) is 6.14. The van der Waals surface area contributed by atoms with E-state index in [0.717, 1.165) is 34.3 Å². The van der Waals surface area contributed by atoms with Gasteiger partial charge in [0.15, 0.2) is 0 Å². The van der Waals surface area contributed by atoms with Gasteiger partial charge in [0.05, 0.1) is 28.5 Å². The van der Waals surface area contributed by atoms with Crippen LogP contribution in [0.4, 0.5) is 10.1 Å². The van der Waals surface area contributed by atoms with E-state index in [-0.39, 0.29) is 41.8 Å². The predicted octanol–water partition coefficient (Wildman–Crippen LogP) is 4.59. The molecule has 1 fully saturated rings. The van der Waals surface area contributed by atoms with Gasteiger partial charge in [-0.05, 0) is 66.8 Å². The molecule has 4 N–H and O–H groups in total. The van der Waals surface area contributed by atoms with E-state index in [4.69, 9.17) is 0 Å². The number of hydrogen-bond acceptors (Lipinski definition) is 8. The van der Waals surface area contributed by atoms with Gasteiger partial charge < -0.3 is 15.7 Å². The monoisotopic (exact) mass is 739 g/mol. The normalized spacial score (nSPS) is 15.9. The zero-order valence-electron chi connectivity index (χ0n) is 30.6. The first-order chi connectivity index (χ1) is 24.3. The third-order valence-corrected chi connectivity index (χ3v) is 11.0. The van der Waals surface area contributed by atoms with Crippen LogP contribution in [0.25, 0.3) is 0 Å². The van der Waals surface area contributed by atoms with Gasteiger partial charge >= 0.3 is 0 Å². The lowest BCUT2D eigenvalue weighted by Gasteiger charge is -2.34. The van der Waals surface area contributed by atoms with Crippen molar-refractivity contribution < 1.29 is 32.4 Å². The van der Waals surface area contributed by atoms with E-state index in [1.165, 1.54) is 31.2 Å². The number of amides is 2. The lowest BCUT2D eigenvalue weighted by Crippen LogP contribution is -2.59. The van der Waals surface area contributed by atoms with Crippen LogP contribution in [0, 0.1) is 34.2 Å². The molecule has 0 heterocycles. The molecular formula is C38H50FN5O7S. The Bertz CT molecular complexity index is 1850. The molecule has 12 nitrogen and oxygen atoms in total. The summed E-state index contributed by atoms with van der Waals surface area (Å²) >= 11 is 0. The Balaban J connectivity index is 1.55. The molecule has 0 spiro atoms. The van der Waals surface area contributed by atoms with Gasteiger partial charge in [0, 0.05) is 30.3 Å². The zero-order valence-corrected chi connectivity index (χ0v) is 31.4. The summed E-state index contributed by atoms with van der Waals surface area (Å²) in [6, 6.07) is 17.0. The Hall–Kier alpha value is -4.24.